The summed E-state index contributed by atoms with van der Waals surface area (Å²) in [6, 6.07) is 0.708. The summed E-state index contributed by atoms with van der Waals surface area (Å²) >= 11 is 0. The standard InChI is InChI=1S/C15H30NO/c1-12-11-16(5,6)13(2)10-15(12)9-7-8-14(3,4)17-15/h12-13H,7-11H2,1-6H3/q+1. The molecule has 0 saturated carbocycles. The molecular formula is C15H30NO+. The monoisotopic (exact) mass is 240 g/mol. The van der Waals surface area contributed by atoms with Crippen molar-refractivity contribution in [1.82, 2.24) is 0 Å². The molecule has 0 aromatic carbocycles. The van der Waals surface area contributed by atoms with Crippen LogP contribution in [-0.2, 0) is 4.74 Å². The number of hydrogen-bond donors (Lipinski definition) is 0. The second kappa shape index (κ2) is 3.96. The van der Waals surface area contributed by atoms with Gasteiger partial charge >= 0.3 is 0 Å². The molecule has 2 aliphatic rings. The van der Waals surface area contributed by atoms with E-state index in [1.807, 2.05) is 0 Å². The molecule has 2 aliphatic heterocycles. The molecule has 17 heavy (non-hydrogen) atoms. The molecule has 0 aliphatic carbocycles. The molecule has 2 nitrogen and oxygen atoms in total. The number of nitrogens with zero attached hydrogens (tertiary/aromatic N) is 1. The summed E-state index contributed by atoms with van der Waals surface area (Å²) in [5.74, 6) is 0.674. The summed E-state index contributed by atoms with van der Waals surface area (Å²) in [5, 5.41) is 0. The van der Waals surface area contributed by atoms with Crippen LogP contribution in [0.15, 0.2) is 0 Å². The summed E-state index contributed by atoms with van der Waals surface area (Å²) in [6.07, 6.45) is 5.04. The summed E-state index contributed by atoms with van der Waals surface area (Å²) in [5.41, 5.74) is 0.246. The number of rotatable bonds is 0. The van der Waals surface area contributed by atoms with Crippen molar-refractivity contribution >= 4 is 0 Å². The van der Waals surface area contributed by atoms with Gasteiger partial charge in [-0.05, 0) is 40.0 Å². The Kier molecular flexibility index (Phi) is 3.11. The minimum absolute atomic E-state index is 0.0840. The first-order chi connectivity index (χ1) is 7.67. The SMILES string of the molecule is CC1C[N+](C)(C)C(C)CC12CCCC(C)(C)O2. The van der Waals surface area contributed by atoms with E-state index in [9.17, 15) is 0 Å². The molecule has 0 bridgehead atoms. The highest BCUT2D eigenvalue weighted by Gasteiger charge is 2.52. The molecule has 2 heteroatoms. The Morgan fingerprint density at radius 3 is 2.35 bits per heavy atom. The number of quaternary nitrogens is 1. The van der Waals surface area contributed by atoms with E-state index in [0.29, 0.717) is 12.0 Å². The van der Waals surface area contributed by atoms with Crippen LogP contribution in [0.5, 0.6) is 0 Å². The second-order valence-electron chi connectivity index (χ2n) is 7.70. The topological polar surface area (TPSA) is 9.23 Å². The molecule has 0 amide bonds. The van der Waals surface area contributed by atoms with Crippen LogP contribution in [0.2, 0.25) is 0 Å². The van der Waals surface area contributed by atoms with Gasteiger partial charge in [0.2, 0.25) is 0 Å². The van der Waals surface area contributed by atoms with Crippen molar-refractivity contribution in [2.45, 2.75) is 70.6 Å². The summed E-state index contributed by atoms with van der Waals surface area (Å²) in [4.78, 5) is 0. The molecule has 2 saturated heterocycles. The van der Waals surface area contributed by atoms with Gasteiger partial charge in [0.1, 0.15) is 0 Å². The smallest absolute Gasteiger partial charge is 0.0885 e. The largest absolute Gasteiger partial charge is 0.368 e. The molecule has 0 aromatic heterocycles. The van der Waals surface area contributed by atoms with Gasteiger partial charge in [0.15, 0.2) is 0 Å². The zero-order valence-corrected chi connectivity index (χ0v) is 12.5. The maximum Gasteiger partial charge on any atom is 0.0885 e. The number of ether oxygens (including phenoxy) is 1. The molecule has 0 radical (unpaired) electrons. The second-order valence-corrected chi connectivity index (χ2v) is 7.70. The molecule has 3 unspecified atom stereocenters. The van der Waals surface area contributed by atoms with E-state index < -0.39 is 0 Å². The van der Waals surface area contributed by atoms with Gasteiger partial charge in [-0.1, -0.05) is 6.92 Å². The first-order valence-corrected chi connectivity index (χ1v) is 7.20. The molecule has 2 heterocycles. The average molecular weight is 240 g/mol. The van der Waals surface area contributed by atoms with E-state index in [0.717, 1.165) is 4.48 Å². The molecule has 2 fully saturated rings. The Morgan fingerprint density at radius 2 is 1.76 bits per heavy atom. The van der Waals surface area contributed by atoms with Crippen molar-refractivity contribution < 1.29 is 9.22 Å². The fourth-order valence-corrected chi connectivity index (χ4v) is 3.96. The molecule has 2 rings (SSSR count). The van der Waals surface area contributed by atoms with E-state index in [1.165, 1.54) is 32.2 Å². The Hall–Kier alpha value is -0.0800. The molecule has 0 aromatic rings. The van der Waals surface area contributed by atoms with Crippen molar-refractivity contribution in [3.8, 4) is 0 Å². The first kappa shape index (κ1) is 13.4. The van der Waals surface area contributed by atoms with Gasteiger partial charge in [0, 0.05) is 12.3 Å². The van der Waals surface area contributed by atoms with Crippen LogP contribution >= 0.6 is 0 Å². The van der Waals surface area contributed by atoms with Gasteiger partial charge in [0.05, 0.1) is 37.9 Å². The normalized spacial score (nSPS) is 44.8. The molecule has 100 valence electrons. The van der Waals surface area contributed by atoms with Gasteiger partial charge in [-0.25, -0.2) is 0 Å². The Labute approximate surface area is 107 Å². The Bertz CT molecular complexity index is 297. The van der Waals surface area contributed by atoms with Crippen molar-refractivity contribution in [2.75, 3.05) is 20.6 Å². The third-order valence-corrected chi connectivity index (χ3v) is 5.34. The maximum atomic E-state index is 6.57. The van der Waals surface area contributed by atoms with Gasteiger partial charge in [-0.2, -0.15) is 0 Å². The average Bonchev–Trinajstić information content (AvgIpc) is 2.13. The van der Waals surface area contributed by atoms with Crippen LogP contribution in [-0.4, -0.2) is 42.4 Å². The quantitative estimate of drug-likeness (QED) is 0.591. The van der Waals surface area contributed by atoms with Crippen molar-refractivity contribution in [3.63, 3.8) is 0 Å². The van der Waals surface area contributed by atoms with Gasteiger partial charge < -0.3 is 9.22 Å². The minimum Gasteiger partial charge on any atom is -0.368 e. The van der Waals surface area contributed by atoms with Crippen molar-refractivity contribution in [2.24, 2.45) is 5.92 Å². The Morgan fingerprint density at radius 1 is 1.12 bits per heavy atom. The highest BCUT2D eigenvalue weighted by atomic mass is 16.5. The molecule has 0 N–H and O–H groups in total. The lowest BCUT2D eigenvalue weighted by Gasteiger charge is -2.56. The van der Waals surface area contributed by atoms with Gasteiger partial charge in [-0.15, -0.1) is 0 Å². The van der Waals surface area contributed by atoms with Crippen LogP contribution in [0.1, 0.15) is 53.4 Å². The lowest BCUT2D eigenvalue weighted by molar-refractivity contribution is -0.924. The highest BCUT2D eigenvalue weighted by molar-refractivity contribution is 4.96. The predicted octanol–water partition coefficient (Wildman–Crippen LogP) is 3.21. The molecule has 1 spiro atoms. The zero-order valence-electron chi connectivity index (χ0n) is 12.5. The van der Waals surface area contributed by atoms with Gasteiger partial charge in [-0.3, -0.25) is 0 Å². The van der Waals surface area contributed by atoms with Crippen molar-refractivity contribution in [3.05, 3.63) is 0 Å². The maximum absolute atomic E-state index is 6.57. The first-order valence-electron chi connectivity index (χ1n) is 7.20. The summed E-state index contributed by atoms with van der Waals surface area (Å²) in [7, 11) is 4.73. The third kappa shape index (κ3) is 2.39. The zero-order chi connectivity index (χ0) is 12.9. The van der Waals surface area contributed by atoms with Crippen LogP contribution in [0.25, 0.3) is 0 Å². The van der Waals surface area contributed by atoms with Crippen LogP contribution in [0, 0.1) is 5.92 Å². The minimum atomic E-state index is 0.0840. The van der Waals surface area contributed by atoms with E-state index in [2.05, 4.69) is 41.8 Å². The van der Waals surface area contributed by atoms with Crippen LogP contribution in [0.3, 0.4) is 0 Å². The van der Waals surface area contributed by atoms with E-state index in [1.54, 1.807) is 0 Å². The molecular weight excluding hydrogens is 210 g/mol. The summed E-state index contributed by atoms with van der Waals surface area (Å²) < 4.78 is 7.71. The molecule has 3 atom stereocenters. The van der Waals surface area contributed by atoms with Gasteiger partial charge in [0.25, 0.3) is 0 Å². The van der Waals surface area contributed by atoms with E-state index in [-0.39, 0.29) is 11.2 Å². The lowest BCUT2D eigenvalue weighted by atomic mass is 9.72. The fraction of sp³-hybridized carbons (Fsp3) is 1.00. The van der Waals surface area contributed by atoms with Crippen LogP contribution < -0.4 is 0 Å². The Balaban J connectivity index is 2.21. The summed E-state index contributed by atoms with van der Waals surface area (Å²) in [6.45, 7) is 10.6. The predicted molar refractivity (Wildman–Crippen MR) is 72.0 cm³/mol. The highest BCUT2D eigenvalue weighted by Crippen LogP contribution is 2.46. The van der Waals surface area contributed by atoms with E-state index in [4.69, 9.17) is 4.74 Å². The number of piperidine rings is 1. The number of likely N-dealkylation sites (tertiary alicyclic amines) is 1. The van der Waals surface area contributed by atoms with Crippen molar-refractivity contribution in [1.29, 1.82) is 0 Å². The third-order valence-electron chi connectivity index (χ3n) is 5.34. The number of hydrogen-bond acceptors (Lipinski definition) is 1. The lowest BCUT2D eigenvalue weighted by Crippen LogP contribution is -2.64. The van der Waals surface area contributed by atoms with Crippen LogP contribution in [0.4, 0.5) is 0 Å². The fourth-order valence-electron chi connectivity index (χ4n) is 3.96. The van der Waals surface area contributed by atoms with E-state index >= 15 is 0 Å².